The number of rotatable bonds is 4. The van der Waals surface area contributed by atoms with Crippen molar-refractivity contribution < 1.29 is 8.94 Å². The monoisotopic (exact) mass is 446 g/mol. The second-order valence-corrected chi connectivity index (χ2v) is 9.10. The van der Waals surface area contributed by atoms with Gasteiger partial charge in [0.15, 0.2) is 8.15 Å². The van der Waals surface area contributed by atoms with Crippen molar-refractivity contribution in [2.24, 2.45) is 0 Å². The van der Waals surface area contributed by atoms with E-state index in [0.717, 1.165) is 32.2 Å². The first-order valence-electron chi connectivity index (χ1n) is 8.98. The highest BCUT2D eigenvalue weighted by Crippen LogP contribution is 2.42. The molecule has 0 saturated heterocycles. The highest BCUT2D eigenvalue weighted by Gasteiger charge is 2.19. The van der Waals surface area contributed by atoms with Gasteiger partial charge in [-0.05, 0) is 34.1 Å². The fraction of sp³-hybridized carbons (Fsp3) is 0. The van der Waals surface area contributed by atoms with E-state index in [-0.39, 0.29) is 0 Å². The summed E-state index contributed by atoms with van der Waals surface area (Å²) in [4.78, 5) is 0. The lowest BCUT2D eigenvalue weighted by atomic mass is 10.1. The minimum atomic E-state index is -0.975. The number of hydrogen-bond donors (Lipinski definition) is 0. The van der Waals surface area contributed by atoms with Crippen LogP contribution in [-0.4, -0.2) is 0 Å². The van der Waals surface area contributed by atoms with Gasteiger partial charge >= 0.3 is 0 Å². The third-order valence-electron chi connectivity index (χ3n) is 4.58. The minimum absolute atomic E-state index is 0.824. The first kappa shape index (κ1) is 17.5. The summed E-state index contributed by atoms with van der Waals surface area (Å²) in [6.07, 6.45) is 0. The number of hydrogen-bond acceptors (Lipinski definition) is 2. The van der Waals surface area contributed by atoms with Gasteiger partial charge in [-0.2, -0.15) is 0 Å². The van der Waals surface area contributed by atoms with Gasteiger partial charge in [0.05, 0.1) is 4.47 Å². The van der Waals surface area contributed by atoms with E-state index in [2.05, 4.69) is 76.6 Å². The zero-order valence-corrected chi connectivity index (χ0v) is 17.4. The molecule has 0 saturated carbocycles. The molecule has 0 fully saturated rings. The van der Waals surface area contributed by atoms with E-state index < -0.39 is 8.15 Å². The predicted octanol–water partition coefficient (Wildman–Crippen LogP) is 6.78. The summed E-state index contributed by atoms with van der Waals surface area (Å²) in [6, 6.07) is 32.9. The average Bonchev–Trinajstić information content (AvgIpc) is 3.13. The lowest BCUT2D eigenvalue weighted by molar-refractivity contribution is 0.627. The SMILES string of the molecule is Brc1cc(OP(c2ccccc2)c2ccccc2)cc2c1oc1ccccc12. The summed E-state index contributed by atoms with van der Waals surface area (Å²) >= 11 is 3.66. The summed E-state index contributed by atoms with van der Waals surface area (Å²) in [5, 5.41) is 4.50. The zero-order chi connectivity index (χ0) is 18.9. The van der Waals surface area contributed by atoms with Crippen molar-refractivity contribution >= 4 is 56.6 Å². The van der Waals surface area contributed by atoms with Crippen LogP contribution in [0.25, 0.3) is 21.9 Å². The molecule has 0 N–H and O–H groups in total. The van der Waals surface area contributed by atoms with Gasteiger partial charge in [0, 0.05) is 21.4 Å². The van der Waals surface area contributed by atoms with E-state index in [1.807, 2.05) is 36.4 Å². The van der Waals surface area contributed by atoms with E-state index in [1.165, 1.54) is 10.6 Å². The topological polar surface area (TPSA) is 22.4 Å². The number of furan rings is 1. The first-order chi connectivity index (χ1) is 13.8. The summed E-state index contributed by atoms with van der Waals surface area (Å²) in [6.45, 7) is 0. The van der Waals surface area contributed by atoms with Gasteiger partial charge in [-0.25, -0.2) is 0 Å². The van der Waals surface area contributed by atoms with Crippen LogP contribution in [0.5, 0.6) is 5.75 Å². The molecule has 0 amide bonds. The molecule has 0 aliphatic carbocycles. The van der Waals surface area contributed by atoms with Crippen molar-refractivity contribution in [2.75, 3.05) is 0 Å². The van der Waals surface area contributed by atoms with Crippen molar-refractivity contribution in [2.45, 2.75) is 0 Å². The molecule has 0 aliphatic heterocycles. The molecule has 4 heteroatoms. The molecule has 0 spiro atoms. The average molecular weight is 447 g/mol. The first-order valence-corrected chi connectivity index (χ1v) is 11.0. The molecule has 5 rings (SSSR count). The Kier molecular flexibility index (Phi) is 4.64. The number of fused-ring (bicyclic) bond motifs is 3. The number of benzene rings is 4. The van der Waals surface area contributed by atoms with Crippen LogP contribution in [0.4, 0.5) is 0 Å². The lowest BCUT2D eigenvalue weighted by Crippen LogP contribution is -2.15. The van der Waals surface area contributed by atoms with Gasteiger partial charge in [-0.3, -0.25) is 0 Å². The summed E-state index contributed by atoms with van der Waals surface area (Å²) < 4.78 is 13.5. The van der Waals surface area contributed by atoms with Crippen molar-refractivity contribution in [3.05, 3.63) is 102 Å². The highest BCUT2D eigenvalue weighted by molar-refractivity contribution is 9.10. The van der Waals surface area contributed by atoms with Crippen LogP contribution < -0.4 is 15.1 Å². The Morgan fingerprint density at radius 3 is 1.96 bits per heavy atom. The second-order valence-electron chi connectivity index (χ2n) is 6.44. The molecule has 136 valence electrons. The second kappa shape index (κ2) is 7.43. The fourth-order valence-corrected chi connectivity index (χ4v) is 5.53. The van der Waals surface area contributed by atoms with Gasteiger partial charge in [-0.15, -0.1) is 0 Å². The maximum atomic E-state index is 6.59. The van der Waals surface area contributed by atoms with E-state index in [0.29, 0.717) is 0 Å². The molecule has 28 heavy (non-hydrogen) atoms. The largest absolute Gasteiger partial charge is 0.464 e. The Morgan fingerprint density at radius 2 is 1.29 bits per heavy atom. The van der Waals surface area contributed by atoms with E-state index >= 15 is 0 Å². The van der Waals surface area contributed by atoms with Crippen LogP contribution in [0, 0.1) is 0 Å². The van der Waals surface area contributed by atoms with Gasteiger partial charge in [-0.1, -0.05) is 78.9 Å². The number of para-hydroxylation sites is 1. The molecule has 0 unspecified atom stereocenters. The molecule has 0 radical (unpaired) electrons. The van der Waals surface area contributed by atoms with Gasteiger partial charge in [0.1, 0.15) is 16.9 Å². The molecular formula is C24H16BrO2P. The van der Waals surface area contributed by atoms with Crippen molar-refractivity contribution in [1.29, 1.82) is 0 Å². The third-order valence-corrected chi connectivity index (χ3v) is 7.10. The number of halogens is 1. The third kappa shape index (κ3) is 3.22. The summed E-state index contributed by atoms with van der Waals surface area (Å²) in [7, 11) is -0.975. The van der Waals surface area contributed by atoms with Crippen LogP contribution in [0.2, 0.25) is 0 Å². The summed E-state index contributed by atoms with van der Waals surface area (Å²) in [5.74, 6) is 0.824. The normalized spacial score (nSPS) is 11.4. The molecule has 1 aromatic heterocycles. The maximum absolute atomic E-state index is 6.59. The Hall–Kier alpha value is -2.61. The Labute approximate surface area is 172 Å². The smallest absolute Gasteiger partial charge is 0.150 e. The Balaban J connectivity index is 1.63. The standard InChI is InChI=1S/C24H16BrO2P/c25-22-16-17(15-21-20-13-7-8-14-23(20)26-24(21)22)27-28(18-9-3-1-4-10-18)19-11-5-2-6-12-19/h1-16H. The molecule has 0 bridgehead atoms. The quantitative estimate of drug-likeness (QED) is 0.284. The van der Waals surface area contributed by atoms with Crippen LogP contribution in [0.3, 0.4) is 0 Å². The Bertz CT molecular complexity index is 1210. The molecule has 5 aromatic rings. The molecule has 2 nitrogen and oxygen atoms in total. The Morgan fingerprint density at radius 1 is 0.679 bits per heavy atom. The van der Waals surface area contributed by atoms with E-state index in [9.17, 15) is 0 Å². The van der Waals surface area contributed by atoms with Crippen molar-refractivity contribution in [3.8, 4) is 5.75 Å². The molecular weight excluding hydrogens is 431 g/mol. The van der Waals surface area contributed by atoms with Crippen molar-refractivity contribution in [3.63, 3.8) is 0 Å². The lowest BCUT2D eigenvalue weighted by Gasteiger charge is -2.19. The minimum Gasteiger partial charge on any atom is -0.464 e. The fourth-order valence-electron chi connectivity index (χ4n) is 3.30. The predicted molar refractivity (Wildman–Crippen MR) is 121 cm³/mol. The molecule has 4 aromatic carbocycles. The maximum Gasteiger partial charge on any atom is 0.150 e. The van der Waals surface area contributed by atoms with Crippen molar-refractivity contribution in [1.82, 2.24) is 0 Å². The molecule has 0 atom stereocenters. The van der Waals surface area contributed by atoms with Crippen LogP contribution in [0.1, 0.15) is 0 Å². The molecule has 0 aliphatic rings. The van der Waals surface area contributed by atoms with E-state index in [4.69, 9.17) is 8.94 Å². The van der Waals surface area contributed by atoms with Gasteiger partial charge in [0.2, 0.25) is 0 Å². The van der Waals surface area contributed by atoms with Crippen LogP contribution in [0.15, 0.2) is 106 Å². The molecule has 1 heterocycles. The van der Waals surface area contributed by atoms with Crippen LogP contribution >= 0.6 is 24.1 Å². The van der Waals surface area contributed by atoms with Crippen LogP contribution in [-0.2, 0) is 0 Å². The van der Waals surface area contributed by atoms with Gasteiger partial charge in [0.25, 0.3) is 0 Å². The summed E-state index contributed by atoms with van der Waals surface area (Å²) in [5.41, 5.74) is 1.72. The van der Waals surface area contributed by atoms with E-state index in [1.54, 1.807) is 0 Å². The zero-order valence-electron chi connectivity index (χ0n) is 14.9. The van der Waals surface area contributed by atoms with Gasteiger partial charge < -0.3 is 8.94 Å². The highest BCUT2D eigenvalue weighted by atomic mass is 79.9.